The summed E-state index contributed by atoms with van der Waals surface area (Å²) in [5.74, 6) is 0.970. The molecule has 37 heavy (non-hydrogen) atoms. The largest absolute Gasteiger partial charge is 0.391 e. The molecule has 3 atom stereocenters. The van der Waals surface area contributed by atoms with E-state index in [1.807, 2.05) is 31.3 Å². The minimum absolute atomic E-state index is 0. The van der Waals surface area contributed by atoms with Gasteiger partial charge in [0.2, 0.25) is 16.0 Å². The summed E-state index contributed by atoms with van der Waals surface area (Å²) in [6, 6.07) is 11.5. The highest BCUT2D eigenvalue weighted by Crippen LogP contribution is 2.44. The van der Waals surface area contributed by atoms with Gasteiger partial charge in [-0.25, -0.2) is 13.1 Å². The van der Waals surface area contributed by atoms with Gasteiger partial charge in [0, 0.05) is 21.5 Å². The number of nitrogens with one attached hydrogen (secondary N) is 3. The number of fused-ring (bicyclic) bond motifs is 1. The molecule has 0 spiro atoms. The van der Waals surface area contributed by atoms with Crippen molar-refractivity contribution in [3.05, 3.63) is 59.2 Å². The number of aryl methyl sites for hydroxylation is 1. The zero-order chi connectivity index (χ0) is 26.6. The fourth-order valence-corrected chi connectivity index (χ4v) is 6.80. The van der Waals surface area contributed by atoms with Crippen LogP contribution in [0.2, 0.25) is 0 Å². The maximum atomic E-state index is 13.1. The van der Waals surface area contributed by atoms with Crippen LogP contribution in [0.1, 0.15) is 72.0 Å². The van der Waals surface area contributed by atoms with E-state index in [-0.39, 0.29) is 7.75 Å². The SMILES string of the molecule is CCc1ccc(S(=O)(=O)N[C@@H]2c3cc(NC(=NCCC4CCCC4(C)C)NC#N)ccc3C[C@H]2O)cc1.[HH].[HH]. The molecule has 202 valence electrons. The van der Waals surface area contributed by atoms with Gasteiger partial charge in [0.25, 0.3) is 0 Å². The molecule has 0 amide bonds. The summed E-state index contributed by atoms with van der Waals surface area (Å²) in [6.45, 7) is 7.24. The van der Waals surface area contributed by atoms with Gasteiger partial charge in [0.1, 0.15) is 0 Å². The number of anilines is 1. The topological polar surface area (TPSA) is 127 Å². The van der Waals surface area contributed by atoms with Gasteiger partial charge in [-0.15, -0.1) is 0 Å². The molecule has 1 fully saturated rings. The number of aliphatic imine (C=N–C) groups is 1. The molecule has 4 N–H and O–H groups in total. The van der Waals surface area contributed by atoms with E-state index in [2.05, 4.69) is 34.2 Å². The predicted octanol–water partition coefficient (Wildman–Crippen LogP) is 4.73. The Morgan fingerprint density at radius 2 is 2.00 bits per heavy atom. The molecule has 0 saturated heterocycles. The second kappa shape index (κ2) is 11.2. The predicted molar refractivity (Wildman–Crippen MR) is 150 cm³/mol. The molecule has 8 nitrogen and oxygen atoms in total. The van der Waals surface area contributed by atoms with E-state index in [9.17, 15) is 18.8 Å². The van der Waals surface area contributed by atoms with Crippen LogP contribution in [0, 0.1) is 22.8 Å². The van der Waals surface area contributed by atoms with Crippen LogP contribution in [0.3, 0.4) is 0 Å². The number of nitrogens with zero attached hydrogens (tertiary/aromatic N) is 2. The molecule has 0 aliphatic heterocycles. The first-order valence-electron chi connectivity index (χ1n) is 13.0. The van der Waals surface area contributed by atoms with Gasteiger partial charge < -0.3 is 10.4 Å². The highest BCUT2D eigenvalue weighted by atomic mass is 32.2. The number of rotatable bonds is 8. The molecule has 0 bridgehead atoms. The molecule has 9 heteroatoms. The standard InChI is InChI=1S/C28H37N5O3S.2H2/c1-4-19-7-11-23(12-8-19)37(35,36)33-26-24-17-22(10-9-20(24)16-25(26)34)32-27(31-18-29)30-15-13-21-6-5-14-28(21,2)3;;/h7-12,17,21,25-26,33-34H,4-6,13-16H2,1-3H3,(H2,30,31,32);2*1H/t21?,25-,26-;;/m1../s1. The highest BCUT2D eigenvalue weighted by molar-refractivity contribution is 7.89. The molecule has 1 saturated carbocycles. The molecule has 0 radical (unpaired) electrons. The fraction of sp³-hybridized carbons (Fsp3) is 0.500. The van der Waals surface area contributed by atoms with Crippen molar-refractivity contribution < 1.29 is 16.4 Å². The molecule has 0 heterocycles. The third-order valence-electron chi connectivity index (χ3n) is 7.88. The van der Waals surface area contributed by atoms with Crippen LogP contribution in [-0.4, -0.2) is 32.1 Å². The monoisotopic (exact) mass is 527 g/mol. The third-order valence-corrected chi connectivity index (χ3v) is 9.34. The van der Waals surface area contributed by atoms with Crippen molar-refractivity contribution in [3.8, 4) is 6.19 Å². The van der Waals surface area contributed by atoms with Crippen LogP contribution in [0.4, 0.5) is 5.69 Å². The second-order valence-corrected chi connectivity index (χ2v) is 12.5. The summed E-state index contributed by atoms with van der Waals surface area (Å²) in [4.78, 5) is 4.75. The highest BCUT2D eigenvalue weighted by Gasteiger charge is 2.35. The Hall–Kier alpha value is -2.93. The molecular formula is C28H41N5O3S. The van der Waals surface area contributed by atoms with Gasteiger partial charge in [-0.2, -0.15) is 5.26 Å². The van der Waals surface area contributed by atoms with Crippen molar-refractivity contribution in [1.82, 2.24) is 10.0 Å². The lowest BCUT2D eigenvalue weighted by Gasteiger charge is -2.26. The summed E-state index contributed by atoms with van der Waals surface area (Å²) in [5.41, 5.74) is 3.62. The molecule has 4 rings (SSSR count). The first-order chi connectivity index (χ1) is 17.6. The van der Waals surface area contributed by atoms with Gasteiger partial charge in [0.05, 0.1) is 17.0 Å². The van der Waals surface area contributed by atoms with Crippen LogP contribution in [-0.2, 0) is 22.9 Å². The van der Waals surface area contributed by atoms with E-state index < -0.39 is 22.2 Å². The number of aliphatic hydroxyl groups excluding tert-OH is 1. The van der Waals surface area contributed by atoms with Gasteiger partial charge in [-0.05, 0) is 78.0 Å². The molecule has 2 aromatic carbocycles. The van der Waals surface area contributed by atoms with E-state index in [0.717, 1.165) is 24.0 Å². The first kappa shape index (κ1) is 27.1. The summed E-state index contributed by atoms with van der Waals surface area (Å²) >= 11 is 0. The van der Waals surface area contributed by atoms with Gasteiger partial charge in [0.15, 0.2) is 6.19 Å². The molecule has 2 aliphatic rings. The van der Waals surface area contributed by atoms with Crippen molar-refractivity contribution in [2.75, 3.05) is 11.9 Å². The Labute approximate surface area is 223 Å². The second-order valence-electron chi connectivity index (χ2n) is 10.7. The van der Waals surface area contributed by atoms with E-state index in [1.54, 1.807) is 24.3 Å². The van der Waals surface area contributed by atoms with Crippen LogP contribution >= 0.6 is 0 Å². The van der Waals surface area contributed by atoms with Gasteiger partial charge in [-0.1, -0.05) is 45.4 Å². The fourth-order valence-electron chi connectivity index (χ4n) is 5.55. The normalized spacial score (nSPS) is 22.9. The maximum Gasteiger partial charge on any atom is 0.241 e. The van der Waals surface area contributed by atoms with E-state index in [0.29, 0.717) is 41.5 Å². The smallest absolute Gasteiger partial charge is 0.241 e. The van der Waals surface area contributed by atoms with Crippen LogP contribution in [0.25, 0.3) is 0 Å². The third kappa shape index (κ3) is 6.32. The van der Waals surface area contributed by atoms with Crippen molar-refractivity contribution >= 4 is 21.7 Å². The summed E-state index contributed by atoms with van der Waals surface area (Å²) in [7, 11) is -3.83. The Morgan fingerprint density at radius 1 is 1.24 bits per heavy atom. The Balaban J connectivity index is 0.00000267. The summed E-state index contributed by atoms with van der Waals surface area (Å²) < 4.78 is 28.8. The maximum absolute atomic E-state index is 13.1. The minimum atomic E-state index is -3.83. The summed E-state index contributed by atoms with van der Waals surface area (Å²) in [5, 5.41) is 25.7. The van der Waals surface area contributed by atoms with E-state index in [4.69, 9.17) is 0 Å². The summed E-state index contributed by atoms with van der Waals surface area (Å²) in [6.07, 6.45) is 6.89. The molecule has 1 unspecified atom stereocenters. The Bertz CT molecular complexity index is 1290. The molecule has 2 aliphatic carbocycles. The lowest BCUT2D eigenvalue weighted by atomic mass is 9.80. The average molecular weight is 528 g/mol. The van der Waals surface area contributed by atoms with Crippen molar-refractivity contribution in [2.24, 2.45) is 16.3 Å². The van der Waals surface area contributed by atoms with E-state index in [1.165, 1.54) is 19.3 Å². The quantitative estimate of drug-likeness (QED) is 0.170. The lowest BCUT2D eigenvalue weighted by molar-refractivity contribution is 0.151. The van der Waals surface area contributed by atoms with Crippen molar-refractivity contribution in [1.29, 1.82) is 5.26 Å². The van der Waals surface area contributed by atoms with Gasteiger partial charge in [-0.3, -0.25) is 10.3 Å². The number of benzene rings is 2. The molecule has 2 aromatic rings. The van der Waals surface area contributed by atoms with E-state index >= 15 is 0 Å². The Morgan fingerprint density at radius 3 is 2.65 bits per heavy atom. The van der Waals surface area contributed by atoms with Crippen molar-refractivity contribution in [2.45, 2.75) is 76.3 Å². The Kier molecular flexibility index (Phi) is 8.22. The minimum Gasteiger partial charge on any atom is -0.391 e. The van der Waals surface area contributed by atoms with Crippen LogP contribution < -0.4 is 15.4 Å². The zero-order valence-corrected chi connectivity index (χ0v) is 22.6. The van der Waals surface area contributed by atoms with Gasteiger partial charge >= 0.3 is 0 Å². The number of guanidine groups is 1. The number of hydrogen-bond donors (Lipinski definition) is 4. The van der Waals surface area contributed by atoms with Crippen LogP contribution in [0.15, 0.2) is 52.4 Å². The molecule has 0 aromatic heterocycles. The van der Waals surface area contributed by atoms with Crippen LogP contribution in [0.5, 0.6) is 0 Å². The molecular weight excluding hydrogens is 486 g/mol. The number of aliphatic hydroxyl groups is 1. The van der Waals surface area contributed by atoms with Crippen molar-refractivity contribution in [3.63, 3.8) is 0 Å². The zero-order valence-electron chi connectivity index (χ0n) is 21.8. The number of nitriles is 1. The lowest BCUT2D eigenvalue weighted by Crippen LogP contribution is -2.34. The number of sulfonamides is 1. The number of hydrogen-bond acceptors (Lipinski definition) is 5. The average Bonchev–Trinajstić information content (AvgIpc) is 3.36. The first-order valence-corrected chi connectivity index (χ1v) is 14.5.